The van der Waals surface area contributed by atoms with Gasteiger partial charge in [0.25, 0.3) is 5.91 Å². The van der Waals surface area contributed by atoms with Crippen LogP contribution < -0.4 is 9.64 Å². The Bertz CT molecular complexity index is 1470. The number of amides is 1. The number of ether oxygens (including phenoxy) is 1. The van der Waals surface area contributed by atoms with Crippen LogP contribution in [0.3, 0.4) is 0 Å². The predicted molar refractivity (Wildman–Crippen MR) is 133 cm³/mol. The monoisotopic (exact) mass is 470 g/mol. The number of hydrogen-bond acceptors (Lipinski definition) is 7. The van der Waals surface area contributed by atoms with Gasteiger partial charge in [0.2, 0.25) is 5.95 Å². The smallest absolute Gasteiger partial charge is 0.253 e. The molecule has 0 bridgehead atoms. The van der Waals surface area contributed by atoms with Crippen LogP contribution in [0.2, 0.25) is 0 Å². The molecule has 5 aromatic rings. The molecule has 1 saturated heterocycles. The number of carbonyl (C=O) groups excluding carboxylic acids is 1. The third-order valence-corrected chi connectivity index (χ3v) is 7.02. The summed E-state index contributed by atoms with van der Waals surface area (Å²) >= 11 is 1.63. The molecule has 0 radical (unpaired) electrons. The number of rotatable bonds is 4. The molecule has 1 amide bonds. The largest absolute Gasteiger partial charge is 0.497 e. The number of para-hydroxylation sites is 1. The molecule has 0 N–H and O–H groups in total. The maximum atomic E-state index is 13.0. The molecular formula is C25H22N6O2S. The summed E-state index contributed by atoms with van der Waals surface area (Å²) < 4.78 is 7.25. The standard InChI is InChI=1S/C25H22N6O2S/c1-33-18-10-8-17(9-11-18)24(32)29-12-14-30(15-13-29)25-26-20-6-3-2-5-19(20)22-27-28-23(31(22)25)21-7-4-16-34-21/h2-11,16H,12-15H2,1H3. The molecule has 8 nitrogen and oxygen atoms in total. The lowest BCUT2D eigenvalue weighted by atomic mass is 10.1. The van der Waals surface area contributed by atoms with E-state index in [0.29, 0.717) is 31.7 Å². The summed E-state index contributed by atoms with van der Waals surface area (Å²) in [7, 11) is 1.62. The molecule has 6 rings (SSSR count). The highest BCUT2D eigenvalue weighted by Gasteiger charge is 2.26. The van der Waals surface area contributed by atoms with Crippen molar-refractivity contribution in [3.63, 3.8) is 0 Å². The highest BCUT2D eigenvalue weighted by atomic mass is 32.1. The van der Waals surface area contributed by atoms with Crippen LogP contribution in [0.25, 0.3) is 27.3 Å². The Morgan fingerprint density at radius 1 is 0.941 bits per heavy atom. The minimum absolute atomic E-state index is 0.0301. The fraction of sp³-hybridized carbons (Fsp3) is 0.200. The summed E-state index contributed by atoms with van der Waals surface area (Å²) in [6, 6.07) is 19.3. The van der Waals surface area contributed by atoms with Crippen molar-refractivity contribution in [2.75, 3.05) is 38.2 Å². The fourth-order valence-corrected chi connectivity index (χ4v) is 5.07. The van der Waals surface area contributed by atoms with E-state index in [1.165, 1.54) is 0 Å². The molecule has 34 heavy (non-hydrogen) atoms. The van der Waals surface area contributed by atoms with Crippen molar-refractivity contribution < 1.29 is 9.53 Å². The van der Waals surface area contributed by atoms with Crippen molar-refractivity contribution in [1.82, 2.24) is 24.5 Å². The van der Waals surface area contributed by atoms with Crippen molar-refractivity contribution in [2.24, 2.45) is 0 Å². The van der Waals surface area contributed by atoms with Gasteiger partial charge in [-0.05, 0) is 47.8 Å². The maximum absolute atomic E-state index is 13.0. The number of nitrogens with zero attached hydrogens (tertiary/aromatic N) is 6. The molecular weight excluding hydrogens is 448 g/mol. The van der Waals surface area contributed by atoms with E-state index in [1.54, 1.807) is 18.4 Å². The summed E-state index contributed by atoms with van der Waals surface area (Å²) in [5.41, 5.74) is 2.34. The molecule has 1 aliphatic heterocycles. The topological polar surface area (TPSA) is 75.9 Å². The Balaban J connectivity index is 1.33. The molecule has 0 spiro atoms. The van der Waals surface area contributed by atoms with Crippen molar-refractivity contribution in [2.45, 2.75) is 0 Å². The van der Waals surface area contributed by atoms with Gasteiger partial charge in [-0.1, -0.05) is 18.2 Å². The van der Waals surface area contributed by atoms with E-state index < -0.39 is 0 Å². The van der Waals surface area contributed by atoms with E-state index in [1.807, 2.05) is 70.9 Å². The first-order chi connectivity index (χ1) is 16.7. The van der Waals surface area contributed by atoms with Gasteiger partial charge in [0, 0.05) is 37.1 Å². The molecule has 1 aliphatic rings. The first kappa shape index (κ1) is 20.6. The summed E-state index contributed by atoms with van der Waals surface area (Å²) in [6.07, 6.45) is 0. The Morgan fingerprint density at radius 3 is 2.47 bits per heavy atom. The van der Waals surface area contributed by atoms with Gasteiger partial charge in [0.1, 0.15) is 5.75 Å². The zero-order valence-corrected chi connectivity index (χ0v) is 19.4. The molecule has 3 aromatic heterocycles. The average Bonchev–Trinajstić information content (AvgIpc) is 3.58. The number of hydrogen-bond donors (Lipinski definition) is 0. The number of fused-ring (bicyclic) bond motifs is 3. The van der Waals surface area contributed by atoms with E-state index in [2.05, 4.69) is 19.5 Å². The normalized spacial score (nSPS) is 14.1. The first-order valence-corrected chi connectivity index (χ1v) is 12.0. The second-order valence-electron chi connectivity index (χ2n) is 8.10. The van der Waals surface area contributed by atoms with Gasteiger partial charge in [0.05, 0.1) is 17.5 Å². The quantitative estimate of drug-likeness (QED) is 0.396. The number of aromatic nitrogens is 4. The Labute approximate surface area is 200 Å². The minimum atomic E-state index is 0.0301. The highest BCUT2D eigenvalue weighted by molar-refractivity contribution is 7.13. The van der Waals surface area contributed by atoms with E-state index in [-0.39, 0.29) is 5.91 Å². The SMILES string of the molecule is COc1ccc(C(=O)N2CCN(c3nc4ccccc4c4nnc(-c5cccs5)n34)CC2)cc1. The summed E-state index contributed by atoms with van der Waals surface area (Å²) in [5, 5.41) is 12.1. The zero-order chi connectivity index (χ0) is 23.1. The number of methoxy groups -OCH3 is 1. The second kappa shape index (κ2) is 8.42. The van der Waals surface area contributed by atoms with Crippen LogP contribution in [0.1, 0.15) is 10.4 Å². The lowest BCUT2D eigenvalue weighted by Gasteiger charge is -2.35. The molecule has 0 saturated carbocycles. The summed E-state index contributed by atoms with van der Waals surface area (Å²) in [5.74, 6) is 2.36. The van der Waals surface area contributed by atoms with E-state index in [4.69, 9.17) is 9.72 Å². The maximum Gasteiger partial charge on any atom is 0.253 e. The lowest BCUT2D eigenvalue weighted by Crippen LogP contribution is -2.49. The van der Waals surface area contributed by atoms with Gasteiger partial charge in [0.15, 0.2) is 11.5 Å². The van der Waals surface area contributed by atoms with Gasteiger partial charge in [-0.2, -0.15) is 0 Å². The predicted octanol–water partition coefficient (Wildman–Crippen LogP) is 3.98. The number of carbonyl (C=O) groups is 1. The molecule has 0 atom stereocenters. The van der Waals surface area contributed by atoms with Crippen LogP contribution in [0.15, 0.2) is 66.0 Å². The van der Waals surface area contributed by atoms with Crippen LogP contribution in [0.4, 0.5) is 5.95 Å². The van der Waals surface area contributed by atoms with Crippen LogP contribution in [0, 0.1) is 0 Å². The van der Waals surface area contributed by atoms with Crippen LogP contribution in [0.5, 0.6) is 5.75 Å². The number of piperazine rings is 1. The van der Waals surface area contributed by atoms with E-state index in [0.717, 1.165) is 38.9 Å². The van der Waals surface area contributed by atoms with Crippen LogP contribution >= 0.6 is 11.3 Å². The van der Waals surface area contributed by atoms with Crippen LogP contribution in [-0.4, -0.2) is 63.7 Å². The Morgan fingerprint density at radius 2 is 1.74 bits per heavy atom. The van der Waals surface area contributed by atoms with Crippen LogP contribution in [-0.2, 0) is 0 Å². The van der Waals surface area contributed by atoms with Gasteiger partial charge < -0.3 is 14.5 Å². The molecule has 170 valence electrons. The van der Waals surface area contributed by atoms with E-state index in [9.17, 15) is 4.79 Å². The van der Waals surface area contributed by atoms with Crippen molar-refractivity contribution in [3.05, 3.63) is 71.6 Å². The molecule has 2 aromatic carbocycles. The van der Waals surface area contributed by atoms with Crippen molar-refractivity contribution in [1.29, 1.82) is 0 Å². The number of thiophene rings is 1. The molecule has 1 fully saturated rings. The Kier molecular flexibility index (Phi) is 5.10. The van der Waals surface area contributed by atoms with Gasteiger partial charge >= 0.3 is 0 Å². The number of benzene rings is 2. The molecule has 4 heterocycles. The number of anilines is 1. The fourth-order valence-electron chi connectivity index (χ4n) is 4.37. The van der Waals surface area contributed by atoms with E-state index >= 15 is 0 Å². The van der Waals surface area contributed by atoms with Gasteiger partial charge in [-0.3, -0.25) is 4.79 Å². The molecule has 0 unspecified atom stereocenters. The lowest BCUT2D eigenvalue weighted by molar-refractivity contribution is 0.0746. The third kappa shape index (κ3) is 3.45. The average molecular weight is 471 g/mol. The highest BCUT2D eigenvalue weighted by Crippen LogP contribution is 2.31. The third-order valence-electron chi connectivity index (χ3n) is 6.16. The minimum Gasteiger partial charge on any atom is -0.497 e. The second-order valence-corrected chi connectivity index (χ2v) is 9.04. The molecule has 0 aliphatic carbocycles. The van der Waals surface area contributed by atoms with Gasteiger partial charge in [-0.25, -0.2) is 9.38 Å². The molecule has 9 heteroatoms. The Hall–Kier alpha value is -3.98. The first-order valence-electron chi connectivity index (χ1n) is 11.1. The summed E-state index contributed by atoms with van der Waals surface area (Å²) in [6.45, 7) is 2.56. The van der Waals surface area contributed by atoms with Gasteiger partial charge in [-0.15, -0.1) is 21.5 Å². The summed E-state index contributed by atoms with van der Waals surface area (Å²) in [4.78, 5) is 23.2. The zero-order valence-electron chi connectivity index (χ0n) is 18.6. The van der Waals surface area contributed by atoms with Crippen molar-refractivity contribution in [3.8, 4) is 16.5 Å². The van der Waals surface area contributed by atoms with Crippen molar-refractivity contribution >= 4 is 39.7 Å².